The Morgan fingerprint density at radius 3 is 2.63 bits per heavy atom. The number of hydrogen-bond donors (Lipinski definition) is 1. The molecule has 0 aliphatic carbocycles. The molecule has 0 radical (unpaired) electrons. The molecule has 1 N–H and O–H groups in total. The van der Waals surface area contributed by atoms with Gasteiger partial charge in [0.05, 0.1) is 11.3 Å². The maximum absolute atomic E-state index is 12.8. The SMILES string of the molecule is Cn1cc(C(=O)NCc2ccccc2)c(CC2CCN(C(=O)[C@@H]3CCCO3)CC2)n1. The number of benzene rings is 1. The van der Waals surface area contributed by atoms with Gasteiger partial charge in [0.1, 0.15) is 6.10 Å². The predicted octanol–water partition coefficient (Wildman–Crippen LogP) is 2.31. The standard InChI is InChI=1S/C23H30N4O3/c1-26-16-19(22(28)24-15-18-6-3-2-4-7-18)20(25-26)14-17-9-11-27(12-10-17)23(29)21-8-5-13-30-21/h2-4,6-7,16-17,21H,5,8-15H2,1H3,(H,24,28)/t21-/m0/s1. The summed E-state index contributed by atoms with van der Waals surface area (Å²) in [5, 5.41) is 7.55. The molecule has 160 valence electrons. The number of hydrogen-bond acceptors (Lipinski definition) is 4. The molecular weight excluding hydrogens is 380 g/mol. The Balaban J connectivity index is 1.32. The van der Waals surface area contributed by atoms with Gasteiger partial charge < -0.3 is 15.0 Å². The van der Waals surface area contributed by atoms with E-state index in [2.05, 4.69) is 10.4 Å². The first-order chi connectivity index (χ1) is 14.6. The van der Waals surface area contributed by atoms with Gasteiger partial charge in [-0.25, -0.2) is 0 Å². The Labute approximate surface area is 177 Å². The van der Waals surface area contributed by atoms with Crippen molar-refractivity contribution in [1.29, 1.82) is 0 Å². The molecule has 3 heterocycles. The second-order valence-corrected chi connectivity index (χ2v) is 8.31. The molecule has 7 nitrogen and oxygen atoms in total. The minimum absolute atomic E-state index is 0.0899. The summed E-state index contributed by atoms with van der Waals surface area (Å²) in [5.41, 5.74) is 2.55. The van der Waals surface area contributed by atoms with Crippen LogP contribution in [0.25, 0.3) is 0 Å². The third kappa shape index (κ3) is 4.90. The quantitative estimate of drug-likeness (QED) is 0.793. The first kappa shape index (κ1) is 20.6. The van der Waals surface area contributed by atoms with Gasteiger partial charge in [0, 0.05) is 39.5 Å². The van der Waals surface area contributed by atoms with Crippen molar-refractivity contribution in [2.24, 2.45) is 13.0 Å². The van der Waals surface area contributed by atoms with E-state index in [-0.39, 0.29) is 17.9 Å². The van der Waals surface area contributed by atoms with Crippen molar-refractivity contribution in [3.63, 3.8) is 0 Å². The van der Waals surface area contributed by atoms with E-state index in [1.54, 1.807) is 10.9 Å². The largest absolute Gasteiger partial charge is 0.368 e. The zero-order valence-corrected chi connectivity index (χ0v) is 17.5. The highest BCUT2D eigenvalue weighted by Gasteiger charge is 2.31. The zero-order valence-electron chi connectivity index (χ0n) is 17.5. The maximum atomic E-state index is 12.8. The fourth-order valence-corrected chi connectivity index (χ4v) is 4.36. The lowest BCUT2D eigenvalue weighted by molar-refractivity contribution is -0.142. The molecule has 2 aliphatic heterocycles. The molecule has 0 bridgehead atoms. The van der Waals surface area contributed by atoms with Crippen LogP contribution in [0.2, 0.25) is 0 Å². The molecule has 1 atom stereocenters. The molecule has 2 aliphatic rings. The van der Waals surface area contributed by atoms with Gasteiger partial charge in [-0.2, -0.15) is 5.10 Å². The number of aromatic nitrogens is 2. The van der Waals surface area contributed by atoms with Crippen molar-refractivity contribution in [3.8, 4) is 0 Å². The first-order valence-electron chi connectivity index (χ1n) is 10.8. The second-order valence-electron chi connectivity index (χ2n) is 8.31. The molecule has 0 unspecified atom stereocenters. The molecule has 0 saturated carbocycles. The summed E-state index contributed by atoms with van der Waals surface area (Å²) in [4.78, 5) is 27.2. The van der Waals surface area contributed by atoms with Crippen LogP contribution >= 0.6 is 0 Å². The van der Waals surface area contributed by atoms with Gasteiger partial charge >= 0.3 is 0 Å². The normalized spacial score (nSPS) is 19.8. The summed E-state index contributed by atoms with van der Waals surface area (Å²) < 4.78 is 7.25. The molecule has 2 amide bonds. The minimum atomic E-state index is -0.239. The molecule has 7 heteroatoms. The summed E-state index contributed by atoms with van der Waals surface area (Å²) in [7, 11) is 1.85. The average Bonchev–Trinajstić information content (AvgIpc) is 3.43. The monoisotopic (exact) mass is 410 g/mol. The van der Waals surface area contributed by atoms with Gasteiger partial charge in [-0.3, -0.25) is 14.3 Å². The summed E-state index contributed by atoms with van der Waals surface area (Å²) >= 11 is 0. The third-order valence-corrected chi connectivity index (χ3v) is 6.06. The van der Waals surface area contributed by atoms with Crippen LogP contribution in [0, 0.1) is 5.92 Å². The lowest BCUT2D eigenvalue weighted by atomic mass is 9.91. The number of carbonyl (C=O) groups excluding carboxylic acids is 2. The number of amides is 2. The van der Waals surface area contributed by atoms with Crippen LogP contribution < -0.4 is 5.32 Å². The smallest absolute Gasteiger partial charge is 0.255 e. The number of piperidine rings is 1. The Hall–Kier alpha value is -2.67. The Morgan fingerprint density at radius 1 is 1.17 bits per heavy atom. The summed E-state index contributed by atoms with van der Waals surface area (Å²) in [5.74, 6) is 0.479. The third-order valence-electron chi connectivity index (χ3n) is 6.06. The van der Waals surface area contributed by atoms with Gasteiger partial charge in [0.2, 0.25) is 0 Å². The van der Waals surface area contributed by atoms with Crippen LogP contribution in [0.15, 0.2) is 36.5 Å². The van der Waals surface area contributed by atoms with Crippen molar-refractivity contribution in [2.45, 2.75) is 44.8 Å². The average molecular weight is 411 g/mol. The van der Waals surface area contributed by atoms with Crippen LogP contribution in [0.1, 0.15) is 47.3 Å². The number of likely N-dealkylation sites (tertiary alicyclic amines) is 1. The second kappa shape index (κ2) is 9.43. The minimum Gasteiger partial charge on any atom is -0.368 e. The highest BCUT2D eigenvalue weighted by atomic mass is 16.5. The highest BCUT2D eigenvalue weighted by Crippen LogP contribution is 2.25. The number of rotatable bonds is 6. The first-order valence-corrected chi connectivity index (χ1v) is 10.8. The van der Waals surface area contributed by atoms with Crippen molar-refractivity contribution < 1.29 is 14.3 Å². The van der Waals surface area contributed by atoms with E-state index in [9.17, 15) is 9.59 Å². The molecule has 2 aromatic rings. The maximum Gasteiger partial charge on any atom is 0.255 e. The fraction of sp³-hybridized carbons (Fsp3) is 0.522. The number of ether oxygens (including phenoxy) is 1. The molecule has 4 rings (SSSR count). The fourth-order valence-electron chi connectivity index (χ4n) is 4.36. The number of aryl methyl sites for hydroxylation is 1. The van der Waals surface area contributed by atoms with E-state index < -0.39 is 0 Å². The van der Waals surface area contributed by atoms with E-state index in [1.807, 2.05) is 42.3 Å². The van der Waals surface area contributed by atoms with Gasteiger partial charge in [0.25, 0.3) is 11.8 Å². The van der Waals surface area contributed by atoms with Crippen LogP contribution in [-0.2, 0) is 29.5 Å². The molecule has 30 heavy (non-hydrogen) atoms. The highest BCUT2D eigenvalue weighted by molar-refractivity contribution is 5.95. The molecule has 1 aromatic carbocycles. The Morgan fingerprint density at radius 2 is 1.93 bits per heavy atom. The van der Waals surface area contributed by atoms with Crippen LogP contribution in [0.5, 0.6) is 0 Å². The van der Waals surface area contributed by atoms with E-state index in [4.69, 9.17) is 4.74 Å². The summed E-state index contributed by atoms with van der Waals surface area (Å²) in [6.45, 7) is 2.71. The van der Waals surface area contributed by atoms with Gasteiger partial charge in [0.15, 0.2) is 0 Å². The topological polar surface area (TPSA) is 76.5 Å². The summed E-state index contributed by atoms with van der Waals surface area (Å²) in [6, 6.07) is 9.89. The van der Waals surface area contributed by atoms with Gasteiger partial charge in [-0.05, 0) is 43.6 Å². The van der Waals surface area contributed by atoms with Gasteiger partial charge in [-0.1, -0.05) is 30.3 Å². The molecule has 2 fully saturated rings. The van der Waals surface area contributed by atoms with E-state index in [0.717, 1.165) is 56.5 Å². The van der Waals surface area contributed by atoms with Gasteiger partial charge in [-0.15, -0.1) is 0 Å². The van der Waals surface area contributed by atoms with E-state index in [1.165, 1.54) is 0 Å². The molecular formula is C23H30N4O3. The van der Waals surface area contributed by atoms with E-state index in [0.29, 0.717) is 24.6 Å². The Bertz CT molecular complexity index is 866. The van der Waals surface area contributed by atoms with Crippen molar-refractivity contribution in [3.05, 3.63) is 53.3 Å². The van der Waals surface area contributed by atoms with Crippen molar-refractivity contribution >= 4 is 11.8 Å². The van der Waals surface area contributed by atoms with E-state index >= 15 is 0 Å². The number of nitrogens with zero attached hydrogens (tertiary/aromatic N) is 3. The van der Waals surface area contributed by atoms with Crippen molar-refractivity contribution in [1.82, 2.24) is 20.0 Å². The molecule has 2 saturated heterocycles. The predicted molar refractivity (Wildman–Crippen MR) is 113 cm³/mol. The number of nitrogens with one attached hydrogen (secondary N) is 1. The van der Waals surface area contributed by atoms with Crippen LogP contribution in [0.3, 0.4) is 0 Å². The van der Waals surface area contributed by atoms with Crippen LogP contribution in [0.4, 0.5) is 0 Å². The Kier molecular flexibility index (Phi) is 6.47. The lowest BCUT2D eigenvalue weighted by Crippen LogP contribution is -2.44. The molecule has 0 spiro atoms. The van der Waals surface area contributed by atoms with Crippen molar-refractivity contribution in [2.75, 3.05) is 19.7 Å². The molecule has 1 aromatic heterocycles. The lowest BCUT2D eigenvalue weighted by Gasteiger charge is -2.33. The number of carbonyl (C=O) groups is 2. The summed E-state index contributed by atoms with van der Waals surface area (Å²) in [6.07, 6.45) is 6.00. The van der Waals surface area contributed by atoms with Crippen LogP contribution in [-0.4, -0.2) is 52.3 Å². The zero-order chi connectivity index (χ0) is 20.9.